The van der Waals surface area contributed by atoms with Crippen LogP contribution in [0.25, 0.3) is 0 Å². The maximum atomic E-state index is 11.5. The molecule has 3 heteroatoms. The van der Waals surface area contributed by atoms with Crippen molar-refractivity contribution in [3.05, 3.63) is 24.8 Å². The fraction of sp³-hybridized carbons (Fsp3) is 0.706. The molecule has 0 aliphatic carbocycles. The summed E-state index contributed by atoms with van der Waals surface area (Å²) in [5, 5.41) is 0. The molecule has 0 bridgehead atoms. The maximum Gasteiger partial charge on any atom is 0.333 e. The summed E-state index contributed by atoms with van der Waals surface area (Å²) in [6, 6.07) is 0. The van der Waals surface area contributed by atoms with E-state index in [0.717, 1.165) is 19.4 Å². The average Bonchev–Trinajstić information content (AvgIpc) is 2.30. The number of rotatable bonds is 5. The fourth-order valence-corrected chi connectivity index (χ4v) is 3.52. The van der Waals surface area contributed by atoms with Crippen LogP contribution in [-0.4, -0.2) is 35.1 Å². The van der Waals surface area contributed by atoms with E-state index in [2.05, 4.69) is 51.8 Å². The van der Waals surface area contributed by atoms with E-state index in [9.17, 15) is 4.79 Å². The largest absolute Gasteiger partial charge is 0.461 e. The zero-order valence-electron chi connectivity index (χ0n) is 13.7. The summed E-state index contributed by atoms with van der Waals surface area (Å²) in [7, 11) is 0. The van der Waals surface area contributed by atoms with Gasteiger partial charge in [-0.2, -0.15) is 0 Å². The fourth-order valence-electron chi connectivity index (χ4n) is 3.52. The Morgan fingerprint density at radius 2 is 1.80 bits per heavy atom. The molecule has 114 valence electrons. The molecule has 1 saturated heterocycles. The average molecular weight is 279 g/mol. The van der Waals surface area contributed by atoms with Crippen molar-refractivity contribution in [2.45, 2.75) is 58.5 Å². The Morgan fingerprint density at radius 3 is 2.20 bits per heavy atom. The van der Waals surface area contributed by atoms with Crippen LogP contribution in [0.5, 0.6) is 0 Å². The van der Waals surface area contributed by atoms with Gasteiger partial charge in [0.25, 0.3) is 0 Å². The van der Waals surface area contributed by atoms with Crippen LogP contribution in [-0.2, 0) is 9.53 Å². The number of likely N-dealkylation sites (tertiary alicyclic amines) is 1. The van der Waals surface area contributed by atoms with Gasteiger partial charge in [-0.05, 0) is 53.4 Å². The third-order valence-corrected chi connectivity index (χ3v) is 4.21. The minimum Gasteiger partial charge on any atom is -0.461 e. The molecule has 1 aliphatic heterocycles. The van der Waals surface area contributed by atoms with Gasteiger partial charge in [-0.1, -0.05) is 12.7 Å². The van der Waals surface area contributed by atoms with Crippen LogP contribution in [0.2, 0.25) is 0 Å². The molecule has 0 aromatic heterocycles. The van der Waals surface area contributed by atoms with Gasteiger partial charge < -0.3 is 4.74 Å². The molecule has 3 nitrogen and oxygen atoms in total. The van der Waals surface area contributed by atoms with E-state index in [4.69, 9.17) is 4.74 Å². The van der Waals surface area contributed by atoms with Gasteiger partial charge in [0.15, 0.2) is 0 Å². The molecule has 0 aromatic rings. The predicted octanol–water partition coefficient (Wildman–Crippen LogP) is 3.56. The molecule has 0 unspecified atom stereocenters. The van der Waals surface area contributed by atoms with Gasteiger partial charge in [0.05, 0.1) is 0 Å². The lowest BCUT2D eigenvalue weighted by molar-refractivity contribution is -0.141. The molecule has 20 heavy (non-hydrogen) atoms. The van der Waals surface area contributed by atoms with E-state index in [1.54, 1.807) is 6.92 Å². The molecule has 0 spiro atoms. The predicted molar refractivity (Wildman–Crippen MR) is 83.6 cm³/mol. The summed E-state index contributed by atoms with van der Waals surface area (Å²) >= 11 is 0. The Bertz CT molecular complexity index is 378. The van der Waals surface area contributed by atoms with E-state index in [1.807, 2.05) is 0 Å². The molecule has 0 aromatic carbocycles. The highest BCUT2D eigenvalue weighted by atomic mass is 16.5. The van der Waals surface area contributed by atoms with E-state index in [0.29, 0.717) is 18.1 Å². The number of carbonyl (C=O) groups excluding carboxylic acids is 1. The minimum absolute atomic E-state index is 0.0796. The second-order valence-electron chi connectivity index (χ2n) is 7.10. The monoisotopic (exact) mass is 279 g/mol. The summed E-state index contributed by atoms with van der Waals surface area (Å²) in [5.41, 5.74) is 0.612. The number of hydrogen-bond acceptors (Lipinski definition) is 3. The highest BCUT2D eigenvalue weighted by Crippen LogP contribution is 2.41. The van der Waals surface area contributed by atoms with E-state index in [-0.39, 0.29) is 17.0 Å². The van der Waals surface area contributed by atoms with Crippen LogP contribution >= 0.6 is 0 Å². The summed E-state index contributed by atoms with van der Waals surface area (Å²) in [6.45, 7) is 19.4. The van der Waals surface area contributed by atoms with Crippen LogP contribution in [0.3, 0.4) is 0 Å². The van der Waals surface area contributed by atoms with Gasteiger partial charge in [0.1, 0.15) is 6.61 Å². The Hall–Kier alpha value is -1.09. The van der Waals surface area contributed by atoms with E-state index in [1.165, 1.54) is 0 Å². The van der Waals surface area contributed by atoms with Gasteiger partial charge in [-0.25, -0.2) is 4.79 Å². The van der Waals surface area contributed by atoms with E-state index >= 15 is 0 Å². The summed E-state index contributed by atoms with van der Waals surface area (Å²) in [5.74, 6) is 0.246. The topological polar surface area (TPSA) is 29.5 Å². The Balaban J connectivity index is 2.69. The lowest BCUT2D eigenvalue weighted by Crippen LogP contribution is -2.61. The van der Waals surface area contributed by atoms with Crippen LogP contribution in [0.1, 0.15) is 47.5 Å². The lowest BCUT2D eigenvalue weighted by atomic mass is 9.74. The molecule has 0 N–H and O–H groups in total. The van der Waals surface area contributed by atoms with Crippen molar-refractivity contribution in [3.8, 4) is 0 Å². The van der Waals surface area contributed by atoms with Crippen molar-refractivity contribution < 1.29 is 9.53 Å². The quantitative estimate of drug-likeness (QED) is 0.438. The molecule has 0 radical (unpaired) electrons. The number of piperidine rings is 1. The van der Waals surface area contributed by atoms with E-state index < -0.39 is 0 Å². The normalized spacial score (nSPS) is 22.2. The van der Waals surface area contributed by atoms with Crippen molar-refractivity contribution in [2.75, 3.05) is 13.2 Å². The standard InChI is InChI=1S/C17H29NO2/c1-8-14-11-16(4,5)18(17(6,7)12-14)9-10-20-15(19)13(2)3/h8,14H,1-2,9-12H2,3-7H3. The highest BCUT2D eigenvalue weighted by Gasteiger charge is 2.44. The first-order chi connectivity index (χ1) is 9.10. The number of allylic oxidation sites excluding steroid dienone is 1. The van der Waals surface area contributed by atoms with Gasteiger partial charge in [-0.15, -0.1) is 6.58 Å². The van der Waals surface area contributed by atoms with Crippen molar-refractivity contribution in [1.82, 2.24) is 4.90 Å². The number of ether oxygens (including phenoxy) is 1. The van der Waals surface area contributed by atoms with Gasteiger partial charge >= 0.3 is 5.97 Å². The highest BCUT2D eigenvalue weighted by molar-refractivity contribution is 5.86. The molecule has 1 fully saturated rings. The second-order valence-corrected chi connectivity index (χ2v) is 7.10. The maximum absolute atomic E-state index is 11.5. The molecule has 0 saturated carbocycles. The third-order valence-electron chi connectivity index (χ3n) is 4.21. The van der Waals surface area contributed by atoms with Crippen molar-refractivity contribution in [2.24, 2.45) is 5.92 Å². The number of esters is 1. The van der Waals surface area contributed by atoms with Gasteiger partial charge in [-0.3, -0.25) is 4.90 Å². The Labute approximate surface area is 123 Å². The number of carbonyl (C=O) groups is 1. The number of hydrogen-bond donors (Lipinski definition) is 0. The second kappa shape index (κ2) is 6.13. The lowest BCUT2D eigenvalue weighted by Gasteiger charge is -2.55. The van der Waals surface area contributed by atoms with Crippen LogP contribution in [0.15, 0.2) is 24.8 Å². The minimum atomic E-state index is -0.304. The molecular formula is C17H29NO2. The molecule has 0 atom stereocenters. The molecular weight excluding hydrogens is 250 g/mol. The summed E-state index contributed by atoms with van der Waals surface area (Å²) < 4.78 is 5.25. The SMILES string of the molecule is C=CC1CC(C)(C)N(CCOC(=O)C(=C)C)C(C)(C)C1. The summed E-state index contributed by atoms with van der Waals surface area (Å²) in [4.78, 5) is 13.9. The van der Waals surface area contributed by atoms with Crippen LogP contribution in [0, 0.1) is 5.92 Å². The van der Waals surface area contributed by atoms with Gasteiger partial charge in [0, 0.05) is 23.2 Å². The summed E-state index contributed by atoms with van der Waals surface area (Å²) in [6.07, 6.45) is 4.25. The van der Waals surface area contributed by atoms with Gasteiger partial charge in [0.2, 0.25) is 0 Å². The Morgan fingerprint density at radius 1 is 1.30 bits per heavy atom. The first kappa shape index (κ1) is 17.0. The van der Waals surface area contributed by atoms with Crippen LogP contribution in [0.4, 0.5) is 0 Å². The zero-order valence-corrected chi connectivity index (χ0v) is 13.7. The zero-order chi connectivity index (χ0) is 15.6. The van der Waals surface area contributed by atoms with Crippen molar-refractivity contribution >= 4 is 5.97 Å². The first-order valence-electron chi connectivity index (χ1n) is 7.33. The molecule has 1 aliphatic rings. The Kier molecular flexibility index (Phi) is 5.20. The number of nitrogens with zero attached hydrogens (tertiary/aromatic N) is 1. The molecule has 1 heterocycles. The van der Waals surface area contributed by atoms with Crippen molar-refractivity contribution in [3.63, 3.8) is 0 Å². The first-order valence-corrected chi connectivity index (χ1v) is 7.33. The molecule has 1 rings (SSSR count). The smallest absolute Gasteiger partial charge is 0.333 e. The molecule has 0 amide bonds. The van der Waals surface area contributed by atoms with Crippen molar-refractivity contribution in [1.29, 1.82) is 0 Å². The third kappa shape index (κ3) is 3.95. The van der Waals surface area contributed by atoms with Crippen LogP contribution < -0.4 is 0 Å².